The molecule has 4 rings (SSSR count). The zero-order valence-electron chi connectivity index (χ0n) is 18.7. The van der Waals surface area contributed by atoms with E-state index in [1.165, 1.54) is 11.1 Å². The van der Waals surface area contributed by atoms with Gasteiger partial charge in [-0.1, -0.05) is 72.3 Å². The molecule has 1 fully saturated rings. The van der Waals surface area contributed by atoms with Crippen LogP contribution in [-0.4, -0.2) is 34.8 Å². The van der Waals surface area contributed by atoms with Gasteiger partial charge in [0.15, 0.2) is 0 Å². The van der Waals surface area contributed by atoms with Crippen LogP contribution in [0.3, 0.4) is 0 Å². The Hall–Kier alpha value is -2.70. The Bertz CT molecular complexity index is 1090. The van der Waals surface area contributed by atoms with Crippen LogP contribution >= 0.6 is 23.5 Å². The van der Waals surface area contributed by atoms with Crippen LogP contribution in [0, 0.1) is 6.92 Å². The van der Waals surface area contributed by atoms with Crippen molar-refractivity contribution in [3.8, 4) is 0 Å². The van der Waals surface area contributed by atoms with Crippen LogP contribution in [0.15, 0.2) is 78.9 Å². The summed E-state index contributed by atoms with van der Waals surface area (Å²) in [6.45, 7) is 3.33. The van der Waals surface area contributed by atoms with Crippen molar-refractivity contribution >= 4 is 35.3 Å². The molecule has 2 amide bonds. The van der Waals surface area contributed by atoms with Gasteiger partial charge in [0.25, 0.3) is 5.91 Å². The van der Waals surface area contributed by atoms with Crippen LogP contribution < -0.4 is 5.32 Å². The summed E-state index contributed by atoms with van der Waals surface area (Å²) in [6, 6.07) is 26.2. The molecule has 3 aromatic rings. The van der Waals surface area contributed by atoms with Gasteiger partial charge in [0.05, 0.1) is 5.75 Å². The third-order valence-corrected chi connectivity index (χ3v) is 7.79. The topological polar surface area (TPSA) is 49.4 Å². The predicted octanol–water partition coefficient (Wildman–Crippen LogP) is 5.43. The van der Waals surface area contributed by atoms with Gasteiger partial charge in [-0.2, -0.15) is 11.8 Å². The fraction of sp³-hybridized carbons (Fsp3) is 0.259. The zero-order valence-corrected chi connectivity index (χ0v) is 20.3. The molecule has 1 saturated heterocycles. The molecule has 3 aromatic carbocycles. The molecule has 6 heteroatoms. The average molecular weight is 477 g/mol. The van der Waals surface area contributed by atoms with Crippen molar-refractivity contribution in [1.29, 1.82) is 0 Å². The lowest BCUT2D eigenvalue weighted by atomic mass is 10.1. The number of rotatable bonds is 9. The third-order valence-electron chi connectivity index (χ3n) is 5.51. The van der Waals surface area contributed by atoms with Crippen molar-refractivity contribution in [3.63, 3.8) is 0 Å². The summed E-state index contributed by atoms with van der Waals surface area (Å²) in [4.78, 5) is 26.9. The minimum atomic E-state index is -0.0611. The highest BCUT2D eigenvalue weighted by Gasteiger charge is 2.32. The van der Waals surface area contributed by atoms with Gasteiger partial charge in [-0.05, 0) is 35.7 Å². The number of thioether (sulfide) groups is 2. The van der Waals surface area contributed by atoms with Crippen molar-refractivity contribution in [2.75, 3.05) is 18.1 Å². The Morgan fingerprint density at radius 3 is 2.55 bits per heavy atom. The molecule has 0 aromatic heterocycles. The van der Waals surface area contributed by atoms with Gasteiger partial charge in [0.1, 0.15) is 5.37 Å². The Kier molecular flexibility index (Phi) is 8.13. The van der Waals surface area contributed by atoms with E-state index in [0.717, 1.165) is 22.6 Å². The van der Waals surface area contributed by atoms with E-state index in [0.29, 0.717) is 24.4 Å². The Labute approximate surface area is 204 Å². The highest BCUT2D eigenvalue weighted by Crippen LogP contribution is 2.39. The summed E-state index contributed by atoms with van der Waals surface area (Å²) >= 11 is 3.45. The Balaban J connectivity index is 1.27. The van der Waals surface area contributed by atoms with Crippen LogP contribution in [0.4, 0.5) is 0 Å². The molecular weight excluding hydrogens is 448 g/mol. The SMILES string of the molecule is Cc1cccc(CSCCNC(=O)c2ccc(C3SCC(=O)N3Cc3ccccc3)cc2)c1. The van der Waals surface area contributed by atoms with Crippen molar-refractivity contribution in [2.45, 2.75) is 24.6 Å². The molecule has 0 bridgehead atoms. The maximum absolute atomic E-state index is 12.5. The lowest BCUT2D eigenvalue weighted by molar-refractivity contribution is -0.128. The Morgan fingerprint density at radius 1 is 1.03 bits per heavy atom. The van der Waals surface area contributed by atoms with E-state index in [1.807, 2.05) is 71.3 Å². The van der Waals surface area contributed by atoms with Gasteiger partial charge >= 0.3 is 0 Å². The van der Waals surface area contributed by atoms with Crippen LogP contribution in [0.2, 0.25) is 0 Å². The first-order chi connectivity index (χ1) is 16.1. The second-order valence-corrected chi connectivity index (χ2v) is 10.3. The molecule has 1 aliphatic rings. The number of hydrogen-bond donors (Lipinski definition) is 1. The van der Waals surface area contributed by atoms with Crippen LogP contribution in [0.5, 0.6) is 0 Å². The molecule has 1 unspecified atom stereocenters. The number of amides is 2. The molecule has 33 heavy (non-hydrogen) atoms. The molecule has 170 valence electrons. The smallest absolute Gasteiger partial charge is 0.251 e. The molecule has 1 N–H and O–H groups in total. The van der Waals surface area contributed by atoms with Gasteiger partial charge in [-0.15, -0.1) is 11.8 Å². The van der Waals surface area contributed by atoms with E-state index in [4.69, 9.17) is 0 Å². The minimum Gasteiger partial charge on any atom is -0.351 e. The van der Waals surface area contributed by atoms with E-state index in [2.05, 4.69) is 36.5 Å². The predicted molar refractivity (Wildman–Crippen MR) is 138 cm³/mol. The van der Waals surface area contributed by atoms with Crippen molar-refractivity contribution in [2.24, 2.45) is 0 Å². The molecular formula is C27H28N2O2S2. The molecule has 4 nitrogen and oxygen atoms in total. The lowest BCUT2D eigenvalue weighted by Crippen LogP contribution is -2.28. The number of carbonyl (C=O) groups excluding carboxylic acids is 2. The quantitative estimate of drug-likeness (QED) is 0.418. The van der Waals surface area contributed by atoms with Gasteiger partial charge in [0, 0.05) is 30.2 Å². The number of nitrogens with zero attached hydrogens (tertiary/aromatic N) is 1. The monoisotopic (exact) mass is 476 g/mol. The lowest BCUT2D eigenvalue weighted by Gasteiger charge is -2.24. The minimum absolute atomic E-state index is 0.0205. The summed E-state index contributed by atoms with van der Waals surface area (Å²) in [6.07, 6.45) is 0. The maximum Gasteiger partial charge on any atom is 0.251 e. The number of benzene rings is 3. The normalized spacial score (nSPS) is 15.6. The summed E-state index contributed by atoms with van der Waals surface area (Å²) in [5, 5.41) is 2.98. The Morgan fingerprint density at radius 2 is 1.79 bits per heavy atom. The maximum atomic E-state index is 12.5. The third kappa shape index (κ3) is 6.42. The zero-order chi connectivity index (χ0) is 23.0. The van der Waals surface area contributed by atoms with Crippen LogP contribution in [-0.2, 0) is 17.1 Å². The second-order valence-electron chi connectivity index (χ2n) is 8.09. The van der Waals surface area contributed by atoms with Crippen LogP contribution in [0.25, 0.3) is 0 Å². The number of aryl methyl sites for hydroxylation is 1. The average Bonchev–Trinajstić information content (AvgIpc) is 3.19. The van der Waals surface area contributed by atoms with Crippen molar-refractivity contribution in [1.82, 2.24) is 10.2 Å². The van der Waals surface area contributed by atoms with Gasteiger partial charge in [-0.3, -0.25) is 9.59 Å². The van der Waals surface area contributed by atoms with E-state index in [1.54, 1.807) is 11.8 Å². The van der Waals surface area contributed by atoms with Gasteiger partial charge < -0.3 is 10.2 Å². The standard InChI is InChI=1S/C27H28N2O2S2/c1-20-6-5-9-22(16-20)18-32-15-14-28-26(31)23-10-12-24(13-11-23)27-29(25(30)19-33-27)17-21-7-3-2-4-8-21/h2-13,16,27H,14-15,17-19H2,1H3,(H,28,31). The van der Waals surface area contributed by atoms with E-state index < -0.39 is 0 Å². The number of carbonyl (C=O) groups is 2. The summed E-state index contributed by atoms with van der Waals surface area (Å²) in [5.74, 6) is 2.39. The number of nitrogens with one attached hydrogen (secondary N) is 1. The first-order valence-electron chi connectivity index (χ1n) is 11.1. The highest BCUT2D eigenvalue weighted by atomic mass is 32.2. The summed E-state index contributed by atoms with van der Waals surface area (Å²) < 4.78 is 0. The van der Waals surface area contributed by atoms with Crippen molar-refractivity contribution in [3.05, 3.63) is 107 Å². The highest BCUT2D eigenvalue weighted by molar-refractivity contribution is 8.00. The number of hydrogen-bond acceptors (Lipinski definition) is 4. The second kappa shape index (κ2) is 11.4. The first kappa shape index (κ1) is 23.5. The van der Waals surface area contributed by atoms with Crippen LogP contribution in [0.1, 0.15) is 38.0 Å². The molecule has 0 aliphatic carbocycles. The van der Waals surface area contributed by atoms with E-state index >= 15 is 0 Å². The fourth-order valence-corrected chi connectivity index (χ4v) is 5.81. The van der Waals surface area contributed by atoms with Gasteiger partial charge in [0.2, 0.25) is 5.91 Å². The molecule has 1 atom stereocenters. The fourth-order valence-electron chi connectivity index (χ4n) is 3.81. The molecule has 0 saturated carbocycles. The summed E-state index contributed by atoms with van der Waals surface area (Å²) in [5.41, 5.74) is 5.40. The molecule has 0 spiro atoms. The van der Waals surface area contributed by atoms with E-state index in [-0.39, 0.29) is 17.2 Å². The van der Waals surface area contributed by atoms with Gasteiger partial charge in [-0.25, -0.2) is 0 Å². The van der Waals surface area contributed by atoms with Crippen molar-refractivity contribution < 1.29 is 9.59 Å². The first-order valence-corrected chi connectivity index (χ1v) is 13.3. The largest absolute Gasteiger partial charge is 0.351 e. The molecule has 1 aliphatic heterocycles. The van der Waals surface area contributed by atoms with E-state index in [9.17, 15) is 9.59 Å². The molecule has 0 radical (unpaired) electrons. The molecule has 1 heterocycles. The summed E-state index contributed by atoms with van der Waals surface area (Å²) in [7, 11) is 0.